The lowest BCUT2D eigenvalue weighted by atomic mass is 10.0. The van der Waals surface area contributed by atoms with E-state index in [1.54, 1.807) is 0 Å². The van der Waals surface area contributed by atoms with Crippen LogP contribution in [0.3, 0.4) is 0 Å². The maximum Gasteiger partial charge on any atom is 0.0771 e. The highest BCUT2D eigenvalue weighted by Gasteiger charge is 2.30. The van der Waals surface area contributed by atoms with Crippen molar-refractivity contribution in [3.63, 3.8) is 0 Å². The molecule has 0 unspecified atom stereocenters. The van der Waals surface area contributed by atoms with E-state index in [0.717, 1.165) is 25.7 Å². The fourth-order valence-corrected chi connectivity index (χ4v) is 1.68. The summed E-state index contributed by atoms with van der Waals surface area (Å²) in [6.07, 6.45) is 4.61. The van der Waals surface area contributed by atoms with Crippen LogP contribution in [0.25, 0.3) is 0 Å². The second-order valence-electron chi connectivity index (χ2n) is 3.52. The van der Waals surface area contributed by atoms with E-state index in [1.165, 1.54) is 0 Å². The number of hydrogen-bond donors (Lipinski definition) is 2. The van der Waals surface area contributed by atoms with Gasteiger partial charge in [0.2, 0.25) is 0 Å². The van der Waals surface area contributed by atoms with E-state index >= 15 is 0 Å². The lowest BCUT2D eigenvalue weighted by Crippen LogP contribution is -2.38. The fourth-order valence-electron chi connectivity index (χ4n) is 1.68. The van der Waals surface area contributed by atoms with Gasteiger partial charge in [0.15, 0.2) is 0 Å². The molecule has 0 bridgehead atoms. The largest absolute Gasteiger partial charge is 0.389 e. The van der Waals surface area contributed by atoms with Gasteiger partial charge in [-0.1, -0.05) is 12.8 Å². The fraction of sp³-hybridized carbons (Fsp3) is 0.889. The van der Waals surface area contributed by atoms with Crippen molar-refractivity contribution in [3.8, 4) is 6.07 Å². The van der Waals surface area contributed by atoms with Gasteiger partial charge in [0, 0.05) is 19.5 Å². The Morgan fingerprint density at radius 2 is 2.08 bits per heavy atom. The molecule has 1 fully saturated rings. The summed E-state index contributed by atoms with van der Waals surface area (Å²) in [6, 6.07) is 2.06. The summed E-state index contributed by atoms with van der Waals surface area (Å²) in [6.45, 7) is 1.34. The summed E-state index contributed by atoms with van der Waals surface area (Å²) < 4.78 is 0. The highest BCUT2D eigenvalue weighted by atomic mass is 16.3. The molecule has 3 heteroatoms. The van der Waals surface area contributed by atoms with E-state index in [-0.39, 0.29) is 0 Å². The predicted octanol–water partition coefficient (Wildman–Crippen LogP) is 0.795. The van der Waals surface area contributed by atoms with Crippen molar-refractivity contribution >= 4 is 0 Å². The topological polar surface area (TPSA) is 56.0 Å². The maximum absolute atomic E-state index is 9.85. The number of nitriles is 1. The first kappa shape index (κ1) is 9.50. The number of hydrogen-bond acceptors (Lipinski definition) is 3. The molecule has 1 rings (SSSR count). The van der Waals surface area contributed by atoms with Gasteiger partial charge in [-0.05, 0) is 12.8 Å². The van der Waals surface area contributed by atoms with Crippen molar-refractivity contribution in [2.75, 3.05) is 13.1 Å². The van der Waals surface area contributed by atoms with Crippen LogP contribution in [0.2, 0.25) is 0 Å². The molecule has 3 nitrogen and oxygen atoms in total. The van der Waals surface area contributed by atoms with Crippen LogP contribution in [-0.4, -0.2) is 23.8 Å². The highest BCUT2D eigenvalue weighted by molar-refractivity contribution is 4.86. The minimum atomic E-state index is -0.477. The zero-order valence-electron chi connectivity index (χ0n) is 7.34. The second-order valence-corrected chi connectivity index (χ2v) is 3.52. The predicted molar refractivity (Wildman–Crippen MR) is 46.5 cm³/mol. The minimum Gasteiger partial charge on any atom is -0.389 e. The molecule has 12 heavy (non-hydrogen) atoms. The molecular formula is C9H16N2O. The number of nitrogens with zero attached hydrogens (tertiary/aromatic N) is 1. The Bertz CT molecular complexity index is 168. The van der Waals surface area contributed by atoms with Gasteiger partial charge < -0.3 is 10.4 Å². The Hall–Kier alpha value is -0.590. The molecule has 0 spiro atoms. The zero-order valence-corrected chi connectivity index (χ0v) is 7.34. The zero-order chi connectivity index (χ0) is 8.86. The van der Waals surface area contributed by atoms with E-state index in [2.05, 4.69) is 11.4 Å². The first-order valence-corrected chi connectivity index (χ1v) is 4.57. The molecule has 1 aliphatic rings. The maximum atomic E-state index is 9.85. The van der Waals surface area contributed by atoms with Crippen molar-refractivity contribution in [2.24, 2.45) is 0 Å². The van der Waals surface area contributed by atoms with E-state index in [0.29, 0.717) is 19.5 Å². The Morgan fingerprint density at radius 3 is 2.67 bits per heavy atom. The first-order chi connectivity index (χ1) is 5.77. The van der Waals surface area contributed by atoms with Crippen molar-refractivity contribution in [2.45, 2.75) is 37.7 Å². The normalized spacial score (nSPS) is 20.7. The number of nitrogens with one attached hydrogen (secondary N) is 1. The average molecular weight is 168 g/mol. The summed E-state index contributed by atoms with van der Waals surface area (Å²) >= 11 is 0. The quantitative estimate of drug-likeness (QED) is 0.610. The Kier molecular flexibility index (Phi) is 3.51. The molecule has 0 aliphatic heterocycles. The molecule has 0 radical (unpaired) electrons. The molecule has 0 heterocycles. The monoisotopic (exact) mass is 168 g/mol. The molecule has 0 aromatic heterocycles. The van der Waals surface area contributed by atoms with E-state index in [1.807, 2.05) is 0 Å². The SMILES string of the molecule is N#CCCNCC1(O)CCCC1. The van der Waals surface area contributed by atoms with Crippen LogP contribution in [-0.2, 0) is 0 Å². The first-order valence-electron chi connectivity index (χ1n) is 4.57. The molecule has 0 atom stereocenters. The van der Waals surface area contributed by atoms with Crippen LogP contribution in [0.15, 0.2) is 0 Å². The smallest absolute Gasteiger partial charge is 0.0771 e. The summed E-state index contributed by atoms with van der Waals surface area (Å²) in [5.74, 6) is 0. The third-order valence-corrected chi connectivity index (χ3v) is 2.40. The van der Waals surface area contributed by atoms with Crippen molar-refractivity contribution < 1.29 is 5.11 Å². The van der Waals surface area contributed by atoms with Crippen LogP contribution in [0.4, 0.5) is 0 Å². The molecule has 1 aliphatic carbocycles. The van der Waals surface area contributed by atoms with Crippen molar-refractivity contribution in [3.05, 3.63) is 0 Å². The van der Waals surface area contributed by atoms with Crippen LogP contribution in [0.1, 0.15) is 32.1 Å². The molecule has 1 saturated carbocycles. The summed E-state index contributed by atoms with van der Waals surface area (Å²) in [4.78, 5) is 0. The Balaban J connectivity index is 2.09. The molecule has 2 N–H and O–H groups in total. The second kappa shape index (κ2) is 4.44. The van der Waals surface area contributed by atoms with E-state index in [4.69, 9.17) is 5.26 Å². The Labute approximate surface area is 73.4 Å². The van der Waals surface area contributed by atoms with E-state index < -0.39 is 5.60 Å². The van der Waals surface area contributed by atoms with Gasteiger partial charge in [-0.3, -0.25) is 0 Å². The summed E-state index contributed by atoms with van der Waals surface area (Å²) in [7, 11) is 0. The summed E-state index contributed by atoms with van der Waals surface area (Å²) in [5, 5.41) is 21.2. The third kappa shape index (κ3) is 2.80. The van der Waals surface area contributed by atoms with Crippen molar-refractivity contribution in [1.82, 2.24) is 5.32 Å². The standard InChI is InChI=1S/C9H16N2O/c10-6-3-7-11-8-9(12)4-1-2-5-9/h11-12H,1-5,7-8H2. The number of aliphatic hydroxyl groups is 1. The molecule has 0 aromatic carbocycles. The molecular weight excluding hydrogens is 152 g/mol. The van der Waals surface area contributed by atoms with Gasteiger partial charge in [0.1, 0.15) is 0 Å². The highest BCUT2D eigenvalue weighted by Crippen LogP contribution is 2.28. The van der Waals surface area contributed by atoms with E-state index in [9.17, 15) is 5.11 Å². The van der Waals surface area contributed by atoms with Gasteiger partial charge in [-0.15, -0.1) is 0 Å². The van der Waals surface area contributed by atoms with Gasteiger partial charge in [-0.25, -0.2) is 0 Å². The molecule has 68 valence electrons. The average Bonchev–Trinajstić information content (AvgIpc) is 2.47. The van der Waals surface area contributed by atoms with Crippen LogP contribution in [0, 0.1) is 11.3 Å². The van der Waals surface area contributed by atoms with Gasteiger partial charge >= 0.3 is 0 Å². The van der Waals surface area contributed by atoms with Crippen LogP contribution >= 0.6 is 0 Å². The Morgan fingerprint density at radius 1 is 1.42 bits per heavy atom. The van der Waals surface area contributed by atoms with Gasteiger partial charge in [0.25, 0.3) is 0 Å². The van der Waals surface area contributed by atoms with Crippen LogP contribution < -0.4 is 5.32 Å². The van der Waals surface area contributed by atoms with Gasteiger partial charge in [-0.2, -0.15) is 5.26 Å². The molecule has 0 saturated heterocycles. The van der Waals surface area contributed by atoms with Crippen LogP contribution in [0.5, 0.6) is 0 Å². The minimum absolute atomic E-state index is 0.477. The lowest BCUT2D eigenvalue weighted by molar-refractivity contribution is 0.0481. The number of rotatable bonds is 4. The summed E-state index contributed by atoms with van der Waals surface area (Å²) in [5.41, 5.74) is -0.477. The molecule has 0 aromatic rings. The molecule has 0 amide bonds. The third-order valence-electron chi connectivity index (χ3n) is 2.40. The van der Waals surface area contributed by atoms with Gasteiger partial charge in [0.05, 0.1) is 11.7 Å². The van der Waals surface area contributed by atoms with Crippen molar-refractivity contribution in [1.29, 1.82) is 5.26 Å². The lowest BCUT2D eigenvalue weighted by Gasteiger charge is -2.21.